The Labute approximate surface area is 315 Å². The molecule has 0 aromatic heterocycles. The number of nitrogens with zero attached hydrogens (tertiary/aromatic N) is 4. The van der Waals surface area contributed by atoms with Gasteiger partial charge in [-0.3, -0.25) is 19.2 Å². The van der Waals surface area contributed by atoms with E-state index in [1.807, 2.05) is 36.4 Å². The minimum absolute atomic E-state index is 0.415. The van der Waals surface area contributed by atoms with Crippen molar-refractivity contribution in [3.8, 4) is 44.9 Å². The van der Waals surface area contributed by atoms with Gasteiger partial charge in [-0.05, 0) is 112 Å². The van der Waals surface area contributed by atoms with Crippen LogP contribution in [-0.2, 0) is 25.6 Å². The Bertz CT molecular complexity index is 2550. The molecule has 0 radical (unpaired) electrons. The van der Waals surface area contributed by atoms with Crippen molar-refractivity contribution < 1.29 is 28.7 Å². The first-order chi connectivity index (χ1) is 26.9. The average Bonchev–Trinajstić information content (AvgIpc) is 3.86. The topological polar surface area (TPSA) is 118 Å². The van der Waals surface area contributed by atoms with Crippen LogP contribution in [0, 0.1) is 0 Å². The van der Waals surface area contributed by atoms with Crippen LogP contribution in [0.1, 0.15) is 24.0 Å². The van der Waals surface area contributed by atoms with Gasteiger partial charge in [-0.2, -0.15) is 20.2 Å². The smallest absolute Gasteiger partial charge is 0.274 e. The fraction of sp³-hybridized carbons (Fsp3) is 0.0667. The molecule has 4 aromatic rings. The van der Waals surface area contributed by atoms with Crippen LogP contribution in [0.5, 0.6) is 11.5 Å². The zero-order chi connectivity index (χ0) is 37.5. The maximum atomic E-state index is 11.9. The van der Waals surface area contributed by atoms with E-state index < -0.39 is 23.6 Å². The lowest BCUT2D eigenvalue weighted by Gasteiger charge is -2.17. The molecule has 0 bridgehead atoms. The minimum Gasteiger partial charge on any atom is -0.458 e. The van der Waals surface area contributed by atoms with Gasteiger partial charge in [0.25, 0.3) is 23.6 Å². The average molecular weight is 723 g/mol. The first-order valence-electron chi connectivity index (χ1n) is 17.7. The summed E-state index contributed by atoms with van der Waals surface area (Å²) in [5.41, 5.74) is 10.6. The minimum atomic E-state index is -0.455. The zero-order valence-corrected chi connectivity index (χ0v) is 29.2. The molecule has 0 atom stereocenters. The molecule has 0 saturated carbocycles. The Kier molecular flexibility index (Phi) is 8.39. The van der Waals surface area contributed by atoms with Crippen molar-refractivity contribution in [1.29, 1.82) is 0 Å². The highest BCUT2D eigenvalue weighted by atomic mass is 16.5. The third-order valence-electron chi connectivity index (χ3n) is 9.70. The van der Waals surface area contributed by atoms with Gasteiger partial charge in [-0.1, -0.05) is 60.7 Å². The SMILES string of the molecule is O=C1C=CC(=O)N1N=C1C=CC(Oc2ccc(-c3ccc4c(c3-c3ccc(OC5=CCC(=NN6C(=O)C=CC6=O)C=C5)cc3)Cc3ccccc3-4)cc2)=CC1. The van der Waals surface area contributed by atoms with Gasteiger partial charge in [-0.25, -0.2) is 0 Å². The van der Waals surface area contributed by atoms with Gasteiger partial charge in [0.2, 0.25) is 0 Å². The molecule has 2 aliphatic heterocycles. The van der Waals surface area contributed by atoms with Crippen molar-refractivity contribution >= 4 is 35.1 Å². The molecule has 3 aliphatic carbocycles. The number of carbonyl (C=O) groups is 4. The van der Waals surface area contributed by atoms with Crippen LogP contribution in [0.4, 0.5) is 0 Å². The van der Waals surface area contributed by atoms with E-state index in [1.54, 1.807) is 24.3 Å². The van der Waals surface area contributed by atoms with E-state index in [2.05, 4.69) is 70.9 Å². The van der Waals surface area contributed by atoms with E-state index in [1.165, 1.54) is 46.6 Å². The summed E-state index contributed by atoms with van der Waals surface area (Å²) in [6, 6.07) is 29.0. The summed E-state index contributed by atoms with van der Waals surface area (Å²) < 4.78 is 12.3. The van der Waals surface area contributed by atoms with E-state index in [0.29, 0.717) is 47.3 Å². The molecular weight excluding hydrogens is 693 g/mol. The van der Waals surface area contributed by atoms with Crippen LogP contribution in [0.3, 0.4) is 0 Å². The lowest BCUT2D eigenvalue weighted by molar-refractivity contribution is -0.138. The second-order valence-corrected chi connectivity index (χ2v) is 13.2. The molecule has 266 valence electrons. The molecular formula is C45H30N4O6. The molecule has 4 amide bonds. The van der Waals surface area contributed by atoms with Crippen LogP contribution in [0.15, 0.2) is 167 Å². The molecule has 0 spiro atoms. The quantitative estimate of drug-likeness (QED) is 0.152. The van der Waals surface area contributed by atoms with Gasteiger partial charge in [0.1, 0.15) is 23.0 Å². The number of fused-ring (bicyclic) bond motifs is 3. The van der Waals surface area contributed by atoms with E-state index in [4.69, 9.17) is 9.47 Å². The van der Waals surface area contributed by atoms with Crippen LogP contribution < -0.4 is 9.47 Å². The first kappa shape index (κ1) is 33.4. The Morgan fingerprint density at radius 1 is 0.473 bits per heavy atom. The number of amides is 4. The third-order valence-corrected chi connectivity index (χ3v) is 9.70. The van der Waals surface area contributed by atoms with Crippen LogP contribution in [-0.4, -0.2) is 45.1 Å². The number of rotatable bonds is 8. The normalized spacial score (nSPS) is 18.4. The summed E-state index contributed by atoms with van der Waals surface area (Å²) in [5, 5.41) is 10.1. The number of imide groups is 2. The van der Waals surface area contributed by atoms with Crippen molar-refractivity contribution in [1.82, 2.24) is 10.0 Å². The standard InChI is InChI=1S/C45H30N4O6/c50-41-23-24-42(51)48(41)46-31-9-17-35(18-10-31)54-33-13-5-28(6-14-33)38-21-22-39-37-4-2-1-3-30(37)27-40(39)45(38)29-7-15-34(16-8-29)55-36-19-11-32(12-20-36)47-49-43(52)25-26-44(49)53/h1-9,11,13-26H,10,12,27H2. The second-order valence-electron chi connectivity index (χ2n) is 13.2. The maximum absolute atomic E-state index is 11.9. The van der Waals surface area contributed by atoms with Crippen LogP contribution >= 0.6 is 0 Å². The molecule has 10 heteroatoms. The van der Waals surface area contributed by atoms with Crippen molar-refractivity contribution in [2.24, 2.45) is 10.2 Å². The predicted molar refractivity (Wildman–Crippen MR) is 207 cm³/mol. The summed E-state index contributed by atoms with van der Waals surface area (Å²) in [7, 11) is 0. The van der Waals surface area contributed by atoms with Crippen molar-refractivity contribution in [3.63, 3.8) is 0 Å². The number of carbonyl (C=O) groups excluding carboxylic acids is 4. The molecule has 0 unspecified atom stereocenters. The number of allylic oxidation sites excluding steroid dienone is 6. The second kappa shape index (κ2) is 13.8. The van der Waals surface area contributed by atoms with Crippen molar-refractivity contribution in [3.05, 3.63) is 168 Å². The Balaban J connectivity index is 0.939. The van der Waals surface area contributed by atoms with Gasteiger partial charge in [0, 0.05) is 37.1 Å². The number of hydrazone groups is 2. The van der Waals surface area contributed by atoms with Crippen molar-refractivity contribution in [2.75, 3.05) is 0 Å². The van der Waals surface area contributed by atoms with Gasteiger partial charge < -0.3 is 9.47 Å². The molecule has 9 rings (SSSR count). The molecule has 0 saturated heterocycles. The highest BCUT2D eigenvalue weighted by Gasteiger charge is 2.26. The van der Waals surface area contributed by atoms with E-state index >= 15 is 0 Å². The van der Waals surface area contributed by atoms with Crippen molar-refractivity contribution in [2.45, 2.75) is 19.3 Å². The lowest BCUT2D eigenvalue weighted by atomic mass is 9.88. The number of benzene rings is 4. The molecule has 55 heavy (non-hydrogen) atoms. The Morgan fingerprint density at radius 2 is 0.964 bits per heavy atom. The Morgan fingerprint density at radius 3 is 1.47 bits per heavy atom. The van der Waals surface area contributed by atoms with Crippen LogP contribution in [0.25, 0.3) is 33.4 Å². The summed E-state index contributed by atoms with van der Waals surface area (Å²) in [6.07, 6.45) is 17.2. The molecule has 10 nitrogen and oxygen atoms in total. The number of ether oxygens (including phenoxy) is 2. The Hall–Kier alpha value is -7.46. The summed E-state index contributed by atoms with van der Waals surface area (Å²) >= 11 is 0. The van der Waals surface area contributed by atoms with Gasteiger partial charge in [0.05, 0.1) is 11.4 Å². The summed E-state index contributed by atoms with van der Waals surface area (Å²) in [5.74, 6) is 0.811. The summed E-state index contributed by atoms with van der Waals surface area (Å²) in [6.45, 7) is 0. The van der Waals surface area contributed by atoms with Crippen LogP contribution in [0.2, 0.25) is 0 Å². The van der Waals surface area contributed by atoms with E-state index in [0.717, 1.165) is 38.7 Å². The molecule has 4 aromatic carbocycles. The fourth-order valence-electron chi connectivity index (χ4n) is 7.02. The third kappa shape index (κ3) is 6.57. The van der Waals surface area contributed by atoms with E-state index in [9.17, 15) is 19.2 Å². The highest BCUT2D eigenvalue weighted by molar-refractivity contribution is 6.14. The van der Waals surface area contributed by atoms with Gasteiger partial charge in [-0.15, -0.1) is 0 Å². The molecule has 2 heterocycles. The number of hydrogen-bond acceptors (Lipinski definition) is 8. The fourth-order valence-corrected chi connectivity index (χ4v) is 7.02. The van der Waals surface area contributed by atoms with Gasteiger partial charge in [0.15, 0.2) is 0 Å². The van der Waals surface area contributed by atoms with Gasteiger partial charge >= 0.3 is 0 Å². The first-order valence-corrected chi connectivity index (χ1v) is 17.7. The predicted octanol–water partition coefficient (Wildman–Crippen LogP) is 7.60. The molecule has 0 N–H and O–H groups in total. The maximum Gasteiger partial charge on any atom is 0.274 e. The number of hydrogen-bond donors (Lipinski definition) is 0. The molecule has 5 aliphatic rings. The zero-order valence-electron chi connectivity index (χ0n) is 29.2. The highest BCUT2D eigenvalue weighted by Crippen LogP contribution is 2.46. The van der Waals surface area contributed by atoms with E-state index in [-0.39, 0.29) is 0 Å². The lowest BCUT2D eigenvalue weighted by Crippen LogP contribution is -2.25. The monoisotopic (exact) mass is 722 g/mol. The summed E-state index contributed by atoms with van der Waals surface area (Å²) in [4.78, 5) is 47.5. The molecule has 0 fully saturated rings. The largest absolute Gasteiger partial charge is 0.458 e.